The Hall–Kier alpha value is -3.15. The molecule has 6 heteroatoms. The maximum atomic E-state index is 12.6. The zero-order chi connectivity index (χ0) is 16.5. The molecule has 0 saturated carbocycles. The number of carbonyl (C=O) groups excluding carboxylic acids is 1. The van der Waals surface area contributed by atoms with E-state index in [0.717, 1.165) is 17.1 Å². The van der Waals surface area contributed by atoms with E-state index in [4.69, 9.17) is 4.74 Å². The number of anilines is 1. The largest absolute Gasteiger partial charge is 0.480 e. The Kier molecular flexibility index (Phi) is 3.49. The van der Waals surface area contributed by atoms with Crippen LogP contribution in [0.5, 0.6) is 5.75 Å². The third-order valence-corrected chi connectivity index (χ3v) is 4.04. The molecule has 1 amide bonds. The van der Waals surface area contributed by atoms with Gasteiger partial charge in [0.2, 0.25) is 0 Å². The molecule has 2 aromatic heterocycles. The summed E-state index contributed by atoms with van der Waals surface area (Å²) >= 11 is 0. The van der Waals surface area contributed by atoms with Gasteiger partial charge in [0.05, 0.1) is 5.69 Å². The predicted molar refractivity (Wildman–Crippen MR) is 89.3 cm³/mol. The number of pyridine rings is 1. The summed E-state index contributed by atoms with van der Waals surface area (Å²) in [7, 11) is 0. The minimum atomic E-state index is -0.528. The minimum absolute atomic E-state index is 0.182. The van der Waals surface area contributed by atoms with Crippen molar-refractivity contribution < 1.29 is 9.53 Å². The molecule has 1 aliphatic rings. The highest BCUT2D eigenvalue weighted by Crippen LogP contribution is 2.29. The van der Waals surface area contributed by atoms with Crippen LogP contribution < -0.4 is 10.1 Å². The van der Waals surface area contributed by atoms with Gasteiger partial charge in [-0.25, -0.2) is 9.97 Å². The maximum absolute atomic E-state index is 12.6. The second-order valence-corrected chi connectivity index (χ2v) is 5.63. The van der Waals surface area contributed by atoms with Gasteiger partial charge >= 0.3 is 0 Å². The monoisotopic (exact) mass is 320 g/mol. The van der Waals surface area contributed by atoms with Crippen LogP contribution in [-0.4, -0.2) is 26.5 Å². The molecule has 0 spiro atoms. The molecule has 4 rings (SSSR count). The zero-order valence-corrected chi connectivity index (χ0v) is 13.1. The van der Waals surface area contributed by atoms with Gasteiger partial charge in [0, 0.05) is 25.0 Å². The molecule has 0 unspecified atom stereocenters. The van der Waals surface area contributed by atoms with Crippen molar-refractivity contribution >= 4 is 11.6 Å². The SMILES string of the molecule is Cc1nccn1-c1ncccc1NC(=O)[C@@H]1Cc2ccccc2O1. The molecular formula is C18H16N4O2. The first-order valence-corrected chi connectivity index (χ1v) is 7.73. The lowest BCUT2D eigenvalue weighted by molar-refractivity contribution is -0.122. The third-order valence-electron chi connectivity index (χ3n) is 4.04. The van der Waals surface area contributed by atoms with Crippen molar-refractivity contribution in [2.75, 3.05) is 5.32 Å². The summed E-state index contributed by atoms with van der Waals surface area (Å²) in [5.41, 5.74) is 1.68. The number of rotatable bonds is 3. The number of para-hydroxylation sites is 1. The van der Waals surface area contributed by atoms with E-state index < -0.39 is 6.10 Å². The average molecular weight is 320 g/mol. The fraction of sp³-hybridized carbons (Fsp3) is 0.167. The fourth-order valence-corrected chi connectivity index (χ4v) is 2.83. The van der Waals surface area contributed by atoms with E-state index >= 15 is 0 Å². The van der Waals surface area contributed by atoms with Crippen LogP contribution in [0, 0.1) is 6.92 Å². The number of nitrogens with one attached hydrogen (secondary N) is 1. The average Bonchev–Trinajstić information content (AvgIpc) is 3.21. The lowest BCUT2D eigenvalue weighted by Crippen LogP contribution is -2.31. The molecule has 6 nitrogen and oxygen atoms in total. The zero-order valence-electron chi connectivity index (χ0n) is 13.1. The highest BCUT2D eigenvalue weighted by Gasteiger charge is 2.29. The van der Waals surface area contributed by atoms with Crippen LogP contribution in [0.15, 0.2) is 55.0 Å². The fourth-order valence-electron chi connectivity index (χ4n) is 2.83. The summed E-state index contributed by atoms with van der Waals surface area (Å²) in [6, 6.07) is 11.3. The van der Waals surface area contributed by atoms with E-state index in [1.807, 2.05) is 48.0 Å². The smallest absolute Gasteiger partial charge is 0.265 e. The van der Waals surface area contributed by atoms with Crippen molar-refractivity contribution in [3.05, 3.63) is 66.4 Å². The number of carbonyl (C=O) groups is 1. The van der Waals surface area contributed by atoms with E-state index in [-0.39, 0.29) is 5.91 Å². The summed E-state index contributed by atoms with van der Waals surface area (Å²) in [5.74, 6) is 2.03. The van der Waals surface area contributed by atoms with Gasteiger partial charge in [0.1, 0.15) is 11.6 Å². The molecule has 0 aliphatic carbocycles. The Balaban J connectivity index is 1.57. The number of aromatic nitrogens is 3. The number of aryl methyl sites for hydroxylation is 1. The number of fused-ring (bicyclic) bond motifs is 1. The van der Waals surface area contributed by atoms with Crippen molar-refractivity contribution in [1.82, 2.24) is 14.5 Å². The number of ether oxygens (including phenoxy) is 1. The first-order chi connectivity index (χ1) is 11.7. The van der Waals surface area contributed by atoms with E-state index in [2.05, 4.69) is 15.3 Å². The Morgan fingerprint density at radius 3 is 2.88 bits per heavy atom. The Morgan fingerprint density at radius 2 is 2.08 bits per heavy atom. The number of hydrogen-bond acceptors (Lipinski definition) is 4. The van der Waals surface area contributed by atoms with Crippen molar-refractivity contribution in [3.8, 4) is 11.6 Å². The van der Waals surface area contributed by atoms with Crippen LogP contribution in [0.3, 0.4) is 0 Å². The summed E-state index contributed by atoms with van der Waals surface area (Å²) in [5, 5.41) is 2.93. The molecule has 1 atom stereocenters. The first kappa shape index (κ1) is 14.4. The predicted octanol–water partition coefficient (Wildman–Crippen LogP) is 2.52. The minimum Gasteiger partial charge on any atom is -0.480 e. The topological polar surface area (TPSA) is 69.0 Å². The lowest BCUT2D eigenvalue weighted by atomic mass is 10.1. The number of amides is 1. The normalized spacial score (nSPS) is 15.6. The molecule has 24 heavy (non-hydrogen) atoms. The van der Waals surface area contributed by atoms with Crippen LogP contribution >= 0.6 is 0 Å². The van der Waals surface area contributed by atoms with E-state index in [9.17, 15) is 4.79 Å². The summed E-state index contributed by atoms with van der Waals surface area (Å²) in [6.07, 6.45) is 5.25. The second kappa shape index (κ2) is 5.81. The molecule has 0 radical (unpaired) electrons. The number of imidazole rings is 1. The van der Waals surface area contributed by atoms with Crippen LogP contribution in [-0.2, 0) is 11.2 Å². The number of hydrogen-bond donors (Lipinski definition) is 1. The summed E-state index contributed by atoms with van der Waals surface area (Å²) in [6.45, 7) is 1.89. The van der Waals surface area contributed by atoms with Crippen molar-refractivity contribution in [2.45, 2.75) is 19.4 Å². The van der Waals surface area contributed by atoms with E-state index in [1.54, 1.807) is 18.5 Å². The molecule has 120 valence electrons. The van der Waals surface area contributed by atoms with Gasteiger partial charge in [-0.2, -0.15) is 0 Å². The van der Waals surface area contributed by atoms with Gasteiger partial charge in [-0.3, -0.25) is 9.36 Å². The molecule has 1 N–H and O–H groups in total. The molecule has 3 heterocycles. The van der Waals surface area contributed by atoms with E-state index in [1.165, 1.54) is 0 Å². The third kappa shape index (κ3) is 2.52. The Bertz CT molecular complexity index is 878. The van der Waals surface area contributed by atoms with Crippen molar-refractivity contribution in [2.24, 2.45) is 0 Å². The van der Waals surface area contributed by atoms with Gasteiger partial charge in [0.25, 0.3) is 5.91 Å². The summed E-state index contributed by atoms with van der Waals surface area (Å²) in [4.78, 5) is 21.2. The molecule has 0 bridgehead atoms. The highest BCUT2D eigenvalue weighted by molar-refractivity contribution is 5.96. The number of benzene rings is 1. The van der Waals surface area contributed by atoms with Gasteiger partial charge in [0.15, 0.2) is 11.9 Å². The van der Waals surface area contributed by atoms with E-state index in [0.29, 0.717) is 17.9 Å². The molecular weight excluding hydrogens is 304 g/mol. The van der Waals surface area contributed by atoms with Crippen LogP contribution in [0.2, 0.25) is 0 Å². The standard InChI is InChI=1S/C18H16N4O2/c1-12-19-9-10-22(12)17-14(6-4-8-20-17)21-18(23)16-11-13-5-2-3-7-15(13)24-16/h2-10,16H,11H2,1H3,(H,21,23)/t16-/m0/s1. The van der Waals surface area contributed by atoms with Gasteiger partial charge in [-0.05, 0) is 30.7 Å². The van der Waals surface area contributed by atoms with Crippen LogP contribution in [0.4, 0.5) is 5.69 Å². The molecule has 1 aliphatic heterocycles. The number of nitrogens with zero attached hydrogens (tertiary/aromatic N) is 3. The lowest BCUT2D eigenvalue weighted by Gasteiger charge is -2.14. The second-order valence-electron chi connectivity index (χ2n) is 5.63. The van der Waals surface area contributed by atoms with Crippen LogP contribution in [0.25, 0.3) is 5.82 Å². The first-order valence-electron chi connectivity index (χ1n) is 7.73. The molecule has 0 saturated heterocycles. The van der Waals surface area contributed by atoms with Crippen molar-refractivity contribution in [1.29, 1.82) is 0 Å². The summed E-state index contributed by atoms with van der Waals surface area (Å²) < 4.78 is 7.58. The molecule has 1 aromatic carbocycles. The van der Waals surface area contributed by atoms with Crippen LogP contribution in [0.1, 0.15) is 11.4 Å². The maximum Gasteiger partial charge on any atom is 0.265 e. The van der Waals surface area contributed by atoms with Crippen molar-refractivity contribution in [3.63, 3.8) is 0 Å². The van der Waals surface area contributed by atoms with Gasteiger partial charge < -0.3 is 10.1 Å². The molecule has 3 aromatic rings. The quantitative estimate of drug-likeness (QED) is 0.805. The Morgan fingerprint density at radius 1 is 1.21 bits per heavy atom. The van der Waals surface area contributed by atoms with Gasteiger partial charge in [-0.1, -0.05) is 18.2 Å². The van der Waals surface area contributed by atoms with Gasteiger partial charge in [-0.15, -0.1) is 0 Å². The highest BCUT2D eigenvalue weighted by atomic mass is 16.5. The Labute approximate surface area is 139 Å². The molecule has 0 fully saturated rings.